The fraction of sp³-hybridized carbons (Fsp3) is 0.286. The van der Waals surface area contributed by atoms with Crippen molar-refractivity contribution in [1.82, 2.24) is 20.2 Å². The average Bonchev–Trinajstić information content (AvgIpc) is 3.10. The van der Waals surface area contributed by atoms with Crippen LogP contribution in [0.4, 0.5) is 0 Å². The minimum absolute atomic E-state index is 0.0824. The number of rotatable bonds is 5. The minimum Gasteiger partial charge on any atom is -0.392 e. The monoisotopic (exact) mass is 378 g/mol. The molecule has 144 valence electrons. The van der Waals surface area contributed by atoms with E-state index in [0.29, 0.717) is 19.6 Å². The maximum atomic E-state index is 12.4. The molecule has 0 aliphatic carbocycles. The summed E-state index contributed by atoms with van der Waals surface area (Å²) in [5.41, 5.74) is 2.17. The molecule has 28 heavy (non-hydrogen) atoms. The molecule has 2 aromatic heterocycles. The van der Waals surface area contributed by atoms with E-state index in [0.717, 1.165) is 35.1 Å². The number of benzene rings is 1. The smallest absolute Gasteiger partial charge is 0.261 e. The number of hydrogen-bond acceptors (Lipinski definition) is 5. The standard InChI is InChI=1S/C21H22N4O3/c26-17-7-8-25(13-17)12-16-5-6-18(21(28)24-16)20(27)23-11-14-9-15-3-1-2-4-19(15)22-10-14/h1-6,9-10,17,26H,7-8,11-13H2,(H,23,27)(H,24,28)/t17-/m1/s1. The third kappa shape index (κ3) is 4.11. The van der Waals surface area contributed by atoms with E-state index in [4.69, 9.17) is 0 Å². The Hall–Kier alpha value is -3.03. The molecule has 1 aliphatic heterocycles. The highest BCUT2D eigenvalue weighted by atomic mass is 16.3. The van der Waals surface area contributed by atoms with Gasteiger partial charge in [0.15, 0.2) is 0 Å². The predicted octanol–water partition coefficient (Wildman–Crippen LogP) is 1.42. The molecule has 7 heteroatoms. The highest BCUT2D eigenvalue weighted by Crippen LogP contribution is 2.13. The highest BCUT2D eigenvalue weighted by molar-refractivity contribution is 5.93. The molecule has 0 radical (unpaired) electrons. The first-order valence-electron chi connectivity index (χ1n) is 9.33. The maximum absolute atomic E-state index is 12.4. The van der Waals surface area contributed by atoms with E-state index >= 15 is 0 Å². The largest absolute Gasteiger partial charge is 0.392 e. The lowest BCUT2D eigenvalue weighted by Gasteiger charge is -2.14. The van der Waals surface area contributed by atoms with E-state index in [9.17, 15) is 14.7 Å². The fourth-order valence-corrected chi connectivity index (χ4v) is 3.47. The maximum Gasteiger partial charge on any atom is 0.261 e. The molecule has 4 rings (SSSR count). The van der Waals surface area contributed by atoms with Crippen molar-refractivity contribution in [3.63, 3.8) is 0 Å². The predicted molar refractivity (Wildman–Crippen MR) is 106 cm³/mol. The molecule has 1 aromatic carbocycles. The van der Waals surface area contributed by atoms with Crippen LogP contribution in [0.25, 0.3) is 10.9 Å². The van der Waals surface area contributed by atoms with Gasteiger partial charge in [-0.2, -0.15) is 0 Å². The van der Waals surface area contributed by atoms with Crippen molar-refractivity contribution in [2.24, 2.45) is 0 Å². The Morgan fingerprint density at radius 3 is 2.93 bits per heavy atom. The number of carbonyl (C=O) groups is 1. The summed E-state index contributed by atoms with van der Waals surface area (Å²) < 4.78 is 0. The van der Waals surface area contributed by atoms with Gasteiger partial charge >= 0.3 is 0 Å². The lowest BCUT2D eigenvalue weighted by Crippen LogP contribution is -2.30. The van der Waals surface area contributed by atoms with Gasteiger partial charge in [-0.05, 0) is 36.2 Å². The number of β-amino-alcohol motifs (C(OH)–C–C–N with tert-alkyl or cyclic N) is 1. The molecule has 0 spiro atoms. The van der Waals surface area contributed by atoms with Crippen LogP contribution in [0.5, 0.6) is 0 Å². The molecule has 1 saturated heterocycles. The zero-order valence-electron chi connectivity index (χ0n) is 15.4. The van der Waals surface area contributed by atoms with Gasteiger partial charge in [0, 0.05) is 43.5 Å². The van der Waals surface area contributed by atoms with Crippen molar-refractivity contribution in [1.29, 1.82) is 0 Å². The van der Waals surface area contributed by atoms with Crippen LogP contribution in [0.2, 0.25) is 0 Å². The second-order valence-electron chi connectivity index (χ2n) is 7.12. The van der Waals surface area contributed by atoms with Crippen molar-refractivity contribution >= 4 is 16.8 Å². The molecule has 3 N–H and O–H groups in total. The third-order valence-corrected chi connectivity index (χ3v) is 4.96. The molecular weight excluding hydrogens is 356 g/mol. The van der Waals surface area contributed by atoms with Crippen LogP contribution in [0.15, 0.2) is 53.5 Å². The fourth-order valence-electron chi connectivity index (χ4n) is 3.47. The van der Waals surface area contributed by atoms with E-state index in [1.54, 1.807) is 18.3 Å². The van der Waals surface area contributed by atoms with Crippen molar-refractivity contribution in [2.75, 3.05) is 13.1 Å². The zero-order chi connectivity index (χ0) is 19.5. The highest BCUT2D eigenvalue weighted by Gasteiger charge is 2.20. The summed E-state index contributed by atoms with van der Waals surface area (Å²) in [6.07, 6.45) is 2.16. The number of fused-ring (bicyclic) bond motifs is 1. The van der Waals surface area contributed by atoms with Gasteiger partial charge in [-0.3, -0.25) is 19.5 Å². The average molecular weight is 378 g/mol. The van der Waals surface area contributed by atoms with Gasteiger partial charge < -0.3 is 15.4 Å². The molecule has 3 aromatic rings. The number of carbonyl (C=O) groups excluding carboxylic acids is 1. The summed E-state index contributed by atoms with van der Waals surface area (Å²) >= 11 is 0. The van der Waals surface area contributed by atoms with Gasteiger partial charge in [0.25, 0.3) is 11.5 Å². The van der Waals surface area contributed by atoms with Crippen LogP contribution in [0.1, 0.15) is 28.0 Å². The molecule has 3 heterocycles. The summed E-state index contributed by atoms with van der Waals surface area (Å²) in [5, 5.41) is 13.4. The number of aromatic amines is 1. The number of para-hydroxylation sites is 1. The first kappa shape index (κ1) is 18.3. The summed E-state index contributed by atoms with van der Waals surface area (Å²) in [7, 11) is 0. The molecule has 1 fully saturated rings. The van der Waals surface area contributed by atoms with Crippen LogP contribution < -0.4 is 10.9 Å². The zero-order valence-corrected chi connectivity index (χ0v) is 15.4. The van der Waals surface area contributed by atoms with Gasteiger partial charge in [-0.1, -0.05) is 18.2 Å². The van der Waals surface area contributed by atoms with E-state index in [-0.39, 0.29) is 11.7 Å². The van der Waals surface area contributed by atoms with E-state index in [2.05, 4.69) is 20.2 Å². The third-order valence-electron chi connectivity index (χ3n) is 4.96. The van der Waals surface area contributed by atoms with Gasteiger partial charge in [-0.25, -0.2) is 0 Å². The quantitative estimate of drug-likeness (QED) is 0.624. The number of nitrogens with zero attached hydrogens (tertiary/aromatic N) is 2. The first-order valence-corrected chi connectivity index (χ1v) is 9.33. The van der Waals surface area contributed by atoms with Crippen LogP contribution in [-0.2, 0) is 13.1 Å². The van der Waals surface area contributed by atoms with E-state index in [1.165, 1.54) is 0 Å². The lowest BCUT2D eigenvalue weighted by molar-refractivity contribution is 0.0949. The second-order valence-corrected chi connectivity index (χ2v) is 7.12. The van der Waals surface area contributed by atoms with Gasteiger partial charge in [-0.15, -0.1) is 0 Å². The number of H-pyrrole nitrogens is 1. The lowest BCUT2D eigenvalue weighted by atomic mass is 10.1. The van der Waals surface area contributed by atoms with Crippen LogP contribution in [-0.4, -0.2) is 45.1 Å². The SMILES string of the molecule is O=C(NCc1cnc2ccccc2c1)c1ccc(CN2CC[C@@H](O)C2)[nH]c1=O. The van der Waals surface area contributed by atoms with Crippen LogP contribution in [0.3, 0.4) is 0 Å². The number of aliphatic hydroxyl groups excluding tert-OH is 1. The van der Waals surface area contributed by atoms with Crippen molar-refractivity contribution in [3.8, 4) is 0 Å². The molecule has 0 bridgehead atoms. The summed E-state index contributed by atoms with van der Waals surface area (Å²) in [4.78, 5) is 33.9. The summed E-state index contributed by atoms with van der Waals surface area (Å²) in [6.45, 7) is 2.25. The van der Waals surface area contributed by atoms with Crippen molar-refractivity contribution < 1.29 is 9.90 Å². The normalized spacial score (nSPS) is 17.1. The molecule has 7 nitrogen and oxygen atoms in total. The van der Waals surface area contributed by atoms with Gasteiger partial charge in [0.1, 0.15) is 5.56 Å². The van der Waals surface area contributed by atoms with Crippen molar-refractivity contribution in [2.45, 2.75) is 25.6 Å². The summed E-state index contributed by atoms with van der Waals surface area (Å²) in [6, 6.07) is 13.0. The number of pyridine rings is 2. The summed E-state index contributed by atoms with van der Waals surface area (Å²) in [5.74, 6) is -0.419. The minimum atomic E-state index is -0.419. The molecular formula is C21H22N4O3. The Morgan fingerprint density at radius 1 is 1.29 bits per heavy atom. The first-order chi connectivity index (χ1) is 13.6. The number of aliphatic hydroxyl groups is 1. The Morgan fingerprint density at radius 2 is 2.14 bits per heavy atom. The van der Waals surface area contributed by atoms with Gasteiger partial charge in [0.2, 0.25) is 0 Å². The second kappa shape index (κ2) is 7.92. The molecule has 0 saturated carbocycles. The molecule has 1 aliphatic rings. The number of nitrogens with one attached hydrogen (secondary N) is 2. The number of aromatic nitrogens is 2. The molecule has 1 atom stereocenters. The van der Waals surface area contributed by atoms with E-state index < -0.39 is 11.5 Å². The van der Waals surface area contributed by atoms with Crippen molar-refractivity contribution in [3.05, 3.63) is 75.8 Å². The number of hydrogen-bond donors (Lipinski definition) is 3. The Balaban J connectivity index is 1.40. The van der Waals surface area contributed by atoms with Crippen LogP contribution in [0, 0.1) is 0 Å². The molecule has 1 amide bonds. The number of amides is 1. The Kier molecular flexibility index (Phi) is 5.18. The van der Waals surface area contributed by atoms with Gasteiger partial charge in [0.05, 0.1) is 11.6 Å². The van der Waals surface area contributed by atoms with E-state index in [1.807, 2.05) is 30.3 Å². The number of likely N-dealkylation sites (tertiary alicyclic amines) is 1. The Bertz CT molecular complexity index is 1060. The van der Waals surface area contributed by atoms with Crippen LogP contribution >= 0.6 is 0 Å². The molecule has 0 unspecified atom stereocenters. The Labute approximate surface area is 162 Å². The topological polar surface area (TPSA) is 98.3 Å².